The molecule has 2 aromatic heterocycles. The van der Waals surface area contributed by atoms with Gasteiger partial charge in [-0.05, 0) is 55.6 Å². The van der Waals surface area contributed by atoms with Crippen LogP contribution in [0.25, 0.3) is 11.0 Å². The van der Waals surface area contributed by atoms with E-state index < -0.39 is 11.7 Å². The van der Waals surface area contributed by atoms with Crippen LogP contribution in [0.5, 0.6) is 5.75 Å². The van der Waals surface area contributed by atoms with E-state index in [0.717, 1.165) is 67.0 Å². The van der Waals surface area contributed by atoms with Gasteiger partial charge >= 0.3 is 6.18 Å². The summed E-state index contributed by atoms with van der Waals surface area (Å²) >= 11 is 0. The summed E-state index contributed by atoms with van der Waals surface area (Å²) in [7, 11) is 3.43. The summed E-state index contributed by atoms with van der Waals surface area (Å²) in [5.41, 5.74) is 2.12. The quantitative estimate of drug-likeness (QED) is 0.648. The van der Waals surface area contributed by atoms with Gasteiger partial charge in [0.05, 0.1) is 30.9 Å². The molecule has 5 nitrogen and oxygen atoms in total. The van der Waals surface area contributed by atoms with Crippen molar-refractivity contribution in [1.82, 2.24) is 19.4 Å². The van der Waals surface area contributed by atoms with Gasteiger partial charge in [-0.1, -0.05) is 6.07 Å². The van der Waals surface area contributed by atoms with E-state index >= 15 is 0 Å². The summed E-state index contributed by atoms with van der Waals surface area (Å²) in [5, 5.41) is 0. The third-order valence-electron chi connectivity index (χ3n) is 5.73. The first-order valence-electron chi connectivity index (χ1n) is 9.59. The Bertz CT molecular complexity index is 1010. The van der Waals surface area contributed by atoms with Crippen molar-refractivity contribution in [3.8, 4) is 5.75 Å². The number of hydrogen-bond donors (Lipinski definition) is 0. The zero-order chi connectivity index (χ0) is 20.6. The van der Waals surface area contributed by atoms with Crippen LogP contribution in [0.1, 0.15) is 35.7 Å². The minimum atomic E-state index is -4.36. The summed E-state index contributed by atoms with van der Waals surface area (Å²) < 4.78 is 46.3. The Morgan fingerprint density at radius 3 is 2.59 bits per heavy atom. The second-order valence-electron chi connectivity index (χ2n) is 7.46. The van der Waals surface area contributed by atoms with Crippen LogP contribution >= 0.6 is 0 Å². The first kappa shape index (κ1) is 19.7. The van der Waals surface area contributed by atoms with Crippen molar-refractivity contribution in [2.24, 2.45) is 7.05 Å². The highest BCUT2D eigenvalue weighted by molar-refractivity contribution is 5.74. The molecule has 4 rings (SSSR count). The molecule has 3 heterocycles. The van der Waals surface area contributed by atoms with Crippen LogP contribution in [0.2, 0.25) is 0 Å². The Balaban J connectivity index is 1.45. The molecule has 154 valence electrons. The average Bonchev–Trinajstić information content (AvgIpc) is 3.03. The molecular weight excluding hydrogens is 381 g/mol. The Kier molecular flexibility index (Phi) is 5.21. The number of pyridine rings is 1. The number of likely N-dealkylation sites (tertiary alicyclic amines) is 1. The number of imidazole rings is 1. The number of rotatable bonds is 4. The van der Waals surface area contributed by atoms with E-state index in [1.54, 1.807) is 18.5 Å². The maximum absolute atomic E-state index is 13.0. The number of benzene rings is 1. The molecule has 0 aliphatic carbocycles. The predicted molar refractivity (Wildman–Crippen MR) is 104 cm³/mol. The zero-order valence-electron chi connectivity index (χ0n) is 16.4. The molecule has 0 N–H and O–H groups in total. The van der Waals surface area contributed by atoms with Crippen molar-refractivity contribution >= 4 is 11.0 Å². The highest BCUT2D eigenvalue weighted by atomic mass is 19.4. The average molecular weight is 404 g/mol. The van der Waals surface area contributed by atoms with E-state index in [4.69, 9.17) is 4.74 Å². The van der Waals surface area contributed by atoms with E-state index in [2.05, 4.69) is 19.4 Å². The van der Waals surface area contributed by atoms with Gasteiger partial charge in [0.25, 0.3) is 0 Å². The van der Waals surface area contributed by atoms with Crippen molar-refractivity contribution in [3.05, 3.63) is 53.6 Å². The lowest BCUT2D eigenvalue weighted by molar-refractivity contribution is -0.137. The predicted octanol–water partition coefficient (Wildman–Crippen LogP) is 4.38. The SMILES string of the molecule is COc1cc(C(F)(F)F)ccc1C1CCN(Cc2nc3cnccc3n2C)CC1. The van der Waals surface area contributed by atoms with Gasteiger partial charge in [-0.15, -0.1) is 0 Å². The summed E-state index contributed by atoms with van der Waals surface area (Å²) in [5.74, 6) is 1.49. The number of aromatic nitrogens is 3. The number of fused-ring (bicyclic) bond motifs is 1. The number of ether oxygens (including phenoxy) is 1. The van der Waals surface area contributed by atoms with Crippen molar-refractivity contribution in [2.45, 2.75) is 31.5 Å². The zero-order valence-corrected chi connectivity index (χ0v) is 16.4. The van der Waals surface area contributed by atoms with E-state index in [1.165, 1.54) is 7.11 Å². The number of halogens is 3. The third kappa shape index (κ3) is 3.94. The highest BCUT2D eigenvalue weighted by Gasteiger charge is 2.32. The van der Waals surface area contributed by atoms with E-state index in [-0.39, 0.29) is 5.92 Å². The monoisotopic (exact) mass is 404 g/mol. The molecule has 1 aliphatic heterocycles. The largest absolute Gasteiger partial charge is 0.496 e. The second kappa shape index (κ2) is 7.67. The highest BCUT2D eigenvalue weighted by Crippen LogP contribution is 2.38. The summed E-state index contributed by atoms with van der Waals surface area (Å²) in [4.78, 5) is 11.1. The summed E-state index contributed by atoms with van der Waals surface area (Å²) in [6.45, 7) is 2.45. The van der Waals surface area contributed by atoms with Crippen LogP contribution < -0.4 is 4.74 Å². The van der Waals surface area contributed by atoms with Crippen molar-refractivity contribution in [3.63, 3.8) is 0 Å². The Hall–Kier alpha value is -2.61. The molecule has 1 aromatic carbocycles. The normalized spacial score (nSPS) is 16.4. The Morgan fingerprint density at radius 1 is 1.17 bits per heavy atom. The van der Waals surface area contributed by atoms with Gasteiger partial charge in [-0.25, -0.2) is 4.98 Å². The number of methoxy groups -OCH3 is 1. The standard InChI is InChI=1S/C21H23F3N4O/c1-27-18-5-8-25-12-17(18)26-20(27)13-28-9-6-14(7-10-28)16-4-3-15(21(22,23)24)11-19(16)29-2/h3-5,8,11-12,14H,6-7,9-10,13H2,1-2H3. The second-order valence-corrected chi connectivity index (χ2v) is 7.46. The van der Waals surface area contributed by atoms with Crippen LogP contribution in [-0.4, -0.2) is 39.6 Å². The molecule has 1 saturated heterocycles. The fraction of sp³-hybridized carbons (Fsp3) is 0.429. The molecule has 0 amide bonds. The molecule has 0 unspecified atom stereocenters. The van der Waals surface area contributed by atoms with Crippen molar-refractivity contribution in [2.75, 3.05) is 20.2 Å². The van der Waals surface area contributed by atoms with Gasteiger partial charge in [-0.3, -0.25) is 9.88 Å². The molecule has 29 heavy (non-hydrogen) atoms. The smallest absolute Gasteiger partial charge is 0.416 e. The van der Waals surface area contributed by atoms with Crippen LogP contribution in [0, 0.1) is 0 Å². The fourth-order valence-electron chi connectivity index (χ4n) is 4.07. The molecule has 0 spiro atoms. The molecule has 0 atom stereocenters. The molecule has 0 saturated carbocycles. The van der Waals surface area contributed by atoms with Crippen molar-refractivity contribution < 1.29 is 17.9 Å². The van der Waals surface area contributed by atoms with Gasteiger partial charge in [-0.2, -0.15) is 13.2 Å². The van der Waals surface area contributed by atoms with Crippen LogP contribution in [0.3, 0.4) is 0 Å². The number of hydrogen-bond acceptors (Lipinski definition) is 4. The van der Waals surface area contributed by atoms with Gasteiger partial charge in [0.1, 0.15) is 17.1 Å². The lowest BCUT2D eigenvalue weighted by Crippen LogP contribution is -2.33. The molecule has 8 heteroatoms. The summed E-state index contributed by atoms with van der Waals surface area (Å²) in [6, 6.07) is 5.78. The van der Waals surface area contributed by atoms with E-state index in [1.807, 2.05) is 13.1 Å². The van der Waals surface area contributed by atoms with Crippen LogP contribution in [0.4, 0.5) is 13.2 Å². The van der Waals surface area contributed by atoms with Crippen LogP contribution in [-0.2, 0) is 19.8 Å². The number of piperidine rings is 1. The van der Waals surface area contributed by atoms with Crippen molar-refractivity contribution in [1.29, 1.82) is 0 Å². The van der Waals surface area contributed by atoms with Crippen LogP contribution in [0.15, 0.2) is 36.7 Å². The Labute approximate surface area is 167 Å². The number of alkyl halides is 3. The van der Waals surface area contributed by atoms with E-state index in [0.29, 0.717) is 5.75 Å². The topological polar surface area (TPSA) is 43.2 Å². The first-order chi connectivity index (χ1) is 13.9. The minimum absolute atomic E-state index is 0.188. The van der Waals surface area contributed by atoms with Gasteiger partial charge in [0.2, 0.25) is 0 Å². The molecular formula is C21H23F3N4O. The summed E-state index contributed by atoms with van der Waals surface area (Å²) in [6.07, 6.45) is 0.898. The maximum Gasteiger partial charge on any atom is 0.416 e. The maximum atomic E-state index is 13.0. The lowest BCUT2D eigenvalue weighted by atomic mass is 9.88. The lowest BCUT2D eigenvalue weighted by Gasteiger charge is -2.32. The first-order valence-corrected chi connectivity index (χ1v) is 9.59. The third-order valence-corrected chi connectivity index (χ3v) is 5.73. The number of aryl methyl sites for hydroxylation is 1. The Morgan fingerprint density at radius 2 is 1.93 bits per heavy atom. The molecule has 3 aromatic rings. The molecule has 0 bridgehead atoms. The fourth-order valence-corrected chi connectivity index (χ4v) is 4.07. The van der Waals surface area contributed by atoms with Gasteiger partial charge in [0.15, 0.2) is 0 Å². The van der Waals surface area contributed by atoms with Gasteiger partial charge < -0.3 is 9.30 Å². The molecule has 0 radical (unpaired) electrons. The number of nitrogens with zero attached hydrogens (tertiary/aromatic N) is 4. The minimum Gasteiger partial charge on any atom is -0.496 e. The van der Waals surface area contributed by atoms with Gasteiger partial charge in [0, 0.05) is 13.2 Å². The molecule has 1 fully saturated rings. The molecule has 1 aliphatic rings. The van der Waals surface area contributed by atoms with E-state index in [9.17, 15) is 13.2 Å².